The summed E-state index contributed by atoms with van der Waals surface area (Å²) in [7, 11) is 0. The molecule has 0 saturated carbocycles. The molecule has 0 spiro atoms. The van der Waals surface area contributed by atoms with Crippen molar-refractivity contribution in [3.05, 3.63) is 54.1 Å². The smallest absolute Gasteiger partial charge is 0.0366 e. The molecule has 1 heteroatoms. The van der Waals surface area contributed by atoms with E-state index in [0.29, 0.717) is 0 Å². The van der Waals surface area contributed by atoms with Crippen molar-refractivity contribution < 1.29 is 0 Å². The fraction of sp³-hybridized carbons (Fsp3) is 0.294. The van der Waals surface area contributed by atoms with Gasteiger partial charge in [-0.25, -0.2) is 0 Å². The molecular weight excluding hydrogens is 218 g/mol. The van der Waals surface area contributed by atoms with Gasteiger partial charge >= 0.3 is 0 Å². The highest BCUT2D eigenvalue weighted by atomic mass is 15.1. The Morgan fingerprint density at radius 2 is 1.50 bits per heavy atom. The molecule has 2 aromatic rings. The third-order valence-corrected chi connectivity index (χ3v) is 3.79. The minimum atomic E-state index is 1.21. The Kier molecular flexibility index (Phi) is 3.06. The summed E-state index contributed by atoms with van der Waals surface area (Å²) in [4.78, 5) is 2.47. The first kappa shape index (κ1) is 11.3. The normalized spacial score (nSPS) is 15.1. The predicted molar refractivity (Wildman–Crippen MR) is 78.1 cm³/mol. The van der Waals surface area contributed by atoms with Crippen molar-refractivity contribution in [2.45, 2.75) is 19.8 Å². The van der Waals surface area contributed by atoms with Crippen LogP contribution in [0, 0.1) is 6.92 Å². The minimum Gasteiger partial charge on any atom is -0.372 e. The standard InChI is InChI=1S/C17H19N/c1-14-6-2-3-7-17(14)15-8-10-16(11-9-15)18-12-4-5-13-18/h2-3,6-11H,4-5,12-13H2,1H3. The van der Waals surface area contributed by atoms with E-state index in [2.05, 4.69) is 60.4 Å². The van der Waals surface area contributed by atoms with Gasteiger partial charge in [0.15, 0.2) is 0 Å². The summed E-state index contributed by atoms with van der Waals surface area (Å²) in [5.74, 6) is 0. The van der Waals surface area contributed by atoms with Gasteiger partial charge in [0.05, 0.1) is 0 Å². The van der Waals surface area contributed by atoms with Gasteiger partial charge in [0.25, 0.3) is 0 Å². The molecule has 2 aromatic carbocycles. The Hall–Kier alpha value is -1.76. The van der Waals surface area contributed by atoms with Crippen LogP contribution in [0.5, 0.6) is 0 Å². The summed E-state index contributed by atoms with van der Waals surface area (Å²) >= 11 is 0. The maximum atomic E-state index is 2.47. The van der Waals surface area contributed by atoms with Crippen LogP contribution in [-0.2, 0) is 0 Å². The van der Waals surface area contributed by atoms with Crippen molar-refractivity contribution in [2.24, 2.45) is 0 Å². The average Bonchev–Trinajstić information content (AvgIpc) is 2.94. The average molecular weight is 237 g/mol. The molecule has 0 N–H and O–H groups in total. The van der Waals surface area contributed by atoms with Crippen LogP contribution in [0.25, 0.3) is 11.1 Å². The number of rotatable bonds is 2. The number of nitrogens with zero attached hydrogens (tertiary/aromatic N) is 1. The van der Waals surface area contributed by atoms with E-state index in [9.17, 15) is 0 Å². The van der Waals surface area contributed by atoms with Crippen molar-refractivity contribution in [2.75, 3.05) is 18.0 Å². The van der Waals surface area contributed by atoms with Crippen molar-refractivity contribution >= 4 is 5.69 Å². The second-order valence-electron chi connectivity index (χ2n) is 5.06. The quantitative estimate of drug-likeness (QED) is 0.754. The van der Waals surface area contributed by atoms with Crippen LogP contribution in [0.3, 0.4) is 0 Å². The predicted octanol–water partition coefficient (Wildman–Crippen LogP) is 4.26. The zero-order valence-corrected chi connectivity index (χ0v) is 10.9. The molecule has 0 atom stereocenters. The first-order valence-corrected chi connectivity index (χ1v) is 6.75. The Labute approximate surface area is 109 Å². The highest BCUT2D eigenvalue weighted by Crippen LogP contribution is 2.27. The second kappa shape index (κ2) is 4.85. The highest BCUT2D eigenvalue weighted by Gasteiger charge is 2.12. The molecule has 18 heavy (non-hydrogen) atoms. The number of aryl methyl sites for hydroxylation is 1. The van der Waals surface area contributed by atoms with E-state index in [1.54, 1.807) is 0 Å². The van der Waals surface area contributed by atoms with Gasteiger partial charge in [0, 0.05) is 18.8 Å². The van der Waals surface area contributed by atoms with Gasteiger partial charge in [-0.1, -0.05) is 36.4 Å². The molecule has 0 radical (unpaired) electrons. The maximum Gasteiger partial charge on any atom is 0.0366 e. The molecule has 0 aromatic heterocycles. The molecule has 1 aliphatic heterocycles. The second-order valence-corrected chi connectivity index (χ2v) is 5.06. The highest BCUT2D eigenvalue weighted by molar-refractivity contribution is 5.69. The zero-order chi connectivity index (χ0) is 12.4. The van der Waals surface area contributed by atoms with Gasteiger partial charge in [-0.2, -0.15) is 0 Å². The molecule has 0 unspecified atom stereocenters. The van der Waals surface area contributed by atoms with E-state index in [1.165, 1.54) is 48.3 Å². The molecule has 0 bridgehead atoms. The summed E-state index contributed by atoms with van der Waals surface area (Å²) in [6.07, 6.45) is 2.67. The third kappa shape index (κ3) is 2.13. The van der Waals surface area contributed by atoms with Gasteiger partial charge in [0.1, 0.15) is 0 Å². The van der Waals surface area contributed by atoms with Crippen LogP contribution in [0.4, 0.5) is 5.69 Å². The molecule has 92 valence electrons. The van der Waals surface area contributed by atoms with Gasteiger partial charge in [-0.15, -0.1) is 0 Å². The largest absolute Gasteiger partial charge is 0.372 e. The molecule has 3 rings (SSSR count). The number of benzene rings is 2. The van der Waals surface area contributed by atoms with E-state index in [1.807, 2.05) is 0 Å². The monoisotopic (exact) mass is 237 g/mol. The van der Waals surface area contributed by atoms with Gasteiger partial charge in [0.2, 0.25) is 0 Å². The van der Waals surface area contributed by atoms with Crippen molar-refractivity contribution in [3.63, 3.8) is 0 Å². The molecule has 1 fully saturated rings. The lowest BCUT2D eigenvalue weighted by atomic mass is 10.0. The molecule has 1 saturated heterocycles. The first-order chi connectivity index (χ1) is 8.84. The van der Waals surface area contributed by atoms with Crippen molar-refractivity contribution in [1.29, 1.82) is 0 Å². The summed E-state index contributed by atoms with van der Waals surface area (Å²) in [6, 6.07) is 17.6. The molecule has 0 aliphatic carbocycles. The number of hydrogen-bond donors (Lipinski definition) is 0. The lowest BCUT2D eigenvalue weighted by Gasteiger charge is -2.18. The summed E-state index contributed by atoms with van der Waals surface area (Å²) < 4.78 is 0. The molecule has 1 aliphatic rings. The Morgan fingerprint density at radius 1 is 0.833 bits per heavy atom. The van der Waals surface area contributed by atoms with Gasteiger partial charge < -0.3 is 4.90 Å². The fourth-order valence-electron chi connectivity index (χ4n) is 2.72. The van der Waals surface area contributed by atoms with E-state index < -0.39 is 0 Å². The zero-order valence-electron chi connectivity index (χ0n) is 10.9. The summed E-state index contributed by atoms with van der Waals surface area (Å²) in [6.45, 7) is 4.59. The lowest BCUT2D eigenvalue weighted by Crippen LogP contribution is -2.17. The number of hydrogen-bond acceptors (Lipinski definition) is 1. The fourth-order valence-corrected chi connectivity index (χ4v) is 2.72. The van der Waals surface area contributed by atoms with Crippen LogP contribution in [0.2, 0.25) is 0 Å². The van der Waals surface area contributed by atoms with Crippen LogP contribution in [-0.4, -0.2) is 13.1 Å². The summed E-state index contributed by atoms with van der Waals surface area (Å²) in [5, 5.41) is 0. The molecule has 0 amide bonds. The molecule has 1 nitrogen and oxygen atoms in total. The van der Waals surface area contributed by atoms with Crippen molar-refractivity contribution in [3.8, 4) is 11.1 Å². The molecular formula is C17H19N. The summed E-state index contributed by atoms with van der Waals surface area (Å²) in [5.41, 5.74) is 5.36. The maximum absolute atomic E-state index is 2.47. The van der Waals surface area contributed by atoms with E-state index in [0.717, 1.165) is 0 Å². The van der Waals surface area contributed by atoms with Crippen LogP contribution < -0.4 is 4.90 Å². The molecule has 1 heterocycles. The van der Waals surface area contributed by atoms with E-state index in [4.69, 9.17) is 0 Å². The Balaban J connectivity index is 1.89. The Bertz CT molecular complexity index is 522. The lowest BCUT2D eigenvalue weighted by molar-refractivity contribution is 0.949. The Morgan fingerprint density at radius 3 is 2.17 bits per heavy atom. The van der Waals surface area contributed by atoms with E-state index >= 15 is 0 Å². The van der Waals surface area contributed by atoms with Crippen LogP contribution in [0.15, 0.2) is 48.5 Å². The van der Waals surface area contributed by atoms with Crippen molar-refractivity contribution in [1.82, 2.24) is 0 Å². The van der Waals surface area contributed by atoms with E-state index in [-0.39, 0.29) is 0 Å². The topological polar surface area (TPSA) is 3.24 Å². The SMILES string of the molecule is Cc1ccccc1-c1ccc(N2CCCC2)cc1. The number of anilines is 1. The van der Waals surface area contributed by atoms with Gasteiger partial charge in [-0.3, -0.25) is 0 Å². The first-order valence-electron chi connectivity index (χ1n) is 6.75. The van der Waals surface area contributed by atoms with Crippen LogP contribution >= 0.6 is 0 Å². The third-order valence-electron chi connectivity index (χ3n) is 3.79. The minimum absolute atomic E-state index is 1.21. The van der Waals surface area contributed by atoms with Gasteiger partial charge in [-0.05, 0) is 48.6 Å². The van der Waals surface area contributed by atoms with Crippen LogP contribution in [0.1, 0.15) is 18.4 Å².